The topological polar surface area (TPSA) is 21.6 Å². The molecule has 0 aliphatic heterocycles. The van der Waals surface area contributed by atoms with E-state index in [1.165, 1.54) is 0 Å². The molecule has 1 atom stereocenters. The number of hydrogen-bond acceptors (Lipinski definition) is 2. The molecule has 2 nitrogen and oxygen atoms in total. The van der Waals surface area contributed by atoms with Crippen molar-refractivity contribution < 1.29 is 4.74 Å². The molecule has 0 N–H and O–H groups in total. The minimum absolute atomic E-state index is 0.00240. The number of rotatable bonds is 6. The third-order valence-corrected chi connectivity index (χ3v) is 4.25. The minimum atomic E-state index is 0.00240. The van der Waals surface area contributed by atoms with E-state index in [4.69, 9.17) is 16.3 Å². The van der Waals surface area contributed by atoms with Gasteiger partial charge in [-0.15, -0.1) is 0 Å². The summed E-state index contributed by atoms with van der Waals surface area (Å²) in [5, 5.41) is 0.743. The van der Waals surface area contributed by atoms with Crippen molar-refractivity contribution in [2.75, 3.05) is 0 Å². The Morgan fingerprint density at radius 1 is 0.960 bits per heavy atom. The highest BCUT2D eigenvalue weighted by atomic mass is 35.5. The lowest BCUT2D eigenvalue weighted by atomic mass is 10.1. The molecule has 0 aliphatic rings. The first-order chi connectivity index (χ1) is 12.2. The van der Waals surface area contributed by atoms with Gasteiger partial charge in [0.25, 0.3) is 0 Å². The molecule has 0 spiro atoms. The van der Waals surface area contributed by atoms with E-state index in [1.54, 1.807) is 0 Å². The maximum absolute atomic E-state index is 6.23. The summed E-state index contributed by atoms with van der Waals surface area (Å²) < 4.78 is 5.86. The van der Waals surface area contributed by atoms with E-state index in [-0.39, 0.29) is 6.04 Å². The van der Waals surface area contributed by atoms with Crippen molar-refractivity contribution in [3.8, 4) is 5.75 Å². The van der Waals surface area contributed by atoms with Crippen molar-refractivity contribution in [3.63, 3.8) is 0 Å². The van der Waals surface area contributed by atoms with Crippen molar-refractivity contribution in [2.24, 2.45) is 4.99 Å². The maximum atomic E-state index is 6.23. The van der Waals surface area contributed by atoms with Gasteiger partial charge in [-0.25, -0.2) is 0 Å². The van der Waals surface area contributed by atoms with Crippen LogP contribution in [0, 0.1) is 0 Å². The first-order valence-corrected chi connectivity index (χ1v) is 8.64. The highest BCUT2D eigenvalue weighted by molar-refractivity contribution is 6.31. The molecule has 1 unspecified atom stereocenters. The second-order valence-electron chi connectivity index (χ2n) is 5.82. The molecular weight excluding hydrogens is 330 g/mol. The highest BCUT2D eigenvalue weighted by Crippen LogP contribution is 2.25. The molecule has 0 amide bonds. The molecule has 3 heteroatoms. The maximum Gasteiger partial charge on any atom is 0.120 e. The Morgan fingerprint density at radius 3 is 2.52 bits per heavy atom. The number of ether oxygens (including phenoxy) is 1. The van der Waals surface area contributed by atoms with Gasteiger partial charge in [-0.05, 0) is 41.8 Å². The molecule has 126 valence electrons. The summed E-state index contributed by atoms with van der Waals surface area (Å²) in [6.45, 7) is 2.59. The van der Waals surface area contributed by atoms with Gasteiger partial charge in [0.2, 0.25) is 0 Å². The third-order valence-electron chi connectivity index (χ3n) is 3.91. The first-order valence-electron chi connectivity index (χ1n) is 8.27. The van der Waals surface area contributed by atoms with Crippen molar-refractivity contribution in [2.45, 2.75) is 19.6 Å². The van der Waals surface area contributed by atoms with Gasteiger partial charge in [-0.1, -0.05) is 72.3 Å². The molecule has 0 bridgehead atoms. The lowest BCUT2D eigenvalue weighted by Gasteiger charge is -2.09. The highest BCUT2D eigenvalue weighted by Gasteiger charge is 2.06. The van der Waals surface area contributed by atoms with Gasteiger partial charge >= 0.3 is 0 Å². The van der Waals surface area contributed by atoms with Crippen LogP contribution in [0.4, 0.5) is 0 Å². The summed E-state index contributed by atoms with van der Waals surface area (Å²) in [5.41, 5.74) is 3.18. The summed E-state index contributed by atoms with van der Waals surface area (Å²) in [6.07, 6.45) is 1.86. The largest absolute Gasteiger partial charge is 0.489 e. The second-order valence-corrected chi connectivity index (χ2v) is 6.23. The summed E-state index contributed by atoms with van der Waals surface area (Å²) in [6, 6.07) is 25.9. The molecular formula is C22H20ClNO. The number of hydrogen-bond donors (Lipinski definition) is 0. The average Bonchev–Trinajstić information content (AvgIpc) is 2.66. The summed E-state index contributed by atoms with van der Waals surface area (Å²) in [4.78, 5) is 4.62. The van der Waals surface area contributed by atoms with Crippen LogP contribution in [-0.2, 0) is 6.61 Å². The molecule has 0 heterocycles. The summed E-state index contributed by atoms with van der Waals surface area (Å²) in [7, 11) is 0. The van der Waals surface area contributed by atoms with Gasteiger partial charge in [0, 0.05) is 11.2 Å². The van der Waals surface area contributed by atoms with Gasteiger partial charge in [-0.3, -0.25) is 4.99 Å². The number of halogens is 1. The Morgan fingerprint density at radius 2 is 1.72 bits per heavy atom. The number of aliphatic imine (C=N–C) groups is 1. The fourth-order valence-electron chi connectivity index (χ4n) is 2.52. The standard InChI is InChI=1S/C22H20ClNO/c1-17(21-12-5-6-13-22(21)23)24-15-19-10-7-11-20(14-19)25-16-18-8-3-2-4-9-18/h2-15,17H,16H2,1H3. The molecule has 25 heavy (non-hydrogen) atoms. The van der Waals surface area contributed by atoms with Crippen molar-refractivity contribution in [3.05, 3.63) is 101 Å². The van der Waals surface area contributed by atoms with Crippen molar-refractivity contribution >= 4 is 17.8 Å². The van der Waals surface area contributed by atoms with Gasteiger partial charge in [-0.2, -0.15) is 0 Å². The van der Waals surface area contributed by atoms with Crippen LogP contribution in [0.3, 0.4) is 0 Å². The van der Waals surface area contributed by atoms with Crippen molar-refractivity contribution in [1.82, 2.24) is 0 Å². The zero-order valence-corrected chi connectivity index (χ0v) is 14.9. The quantitative estimate of drug-likeness (QED) is 0.493. The second kappa shape index (κ2) is 8.50. The Labute approximate surface area is 153 Å². The molecule has 0 aromatic heterocycles. The lowest BCUT2D eigenvalue weighted by Crippen LogP contribution is -1.96. The van der Waals surface area contributed by atoms with E-state index >= 15 is 0 Å². The molecule has 3 rings (SSSR count). The van der Waals surface area contributed by atoms with Crippen LogP contribution in [0.15, 0.2) is 83.9 Å². The SMILES string of the molecule is CC(N=Cc1cccc(OCc2ccccc2)c1)c1ccccc1Cl. The smallest absolute Gasteiger partial charge is 0.120 e. The Hall–Kier alpha value is -2.58. The molecule has 3 aromatic carbocycles. The molecule has 0 radical (unpaired) electrons. The predicted molar refractivity (Wildman–Crippen MR) is 105 cm³/mol. The average molecular weight is 350 g/mol. The van der Waals surface area contributed by atoms with Gasteiger partial charge < -0.3 is 4.74 Å². The van der Waals surface area contributed by atoms with Crippen LogP contribution in [0.25, 0.3) is 0 Å². The monoisotopic (exact) mass is 349 g/mol. The van der Waals surface area contributed by atoms with E-state index < -0.39 is 0 Å². The van der Waals surface area contributed by atoms with Gasteiger partial charge in [0.15, 0.2) is 0 Å². The lowest BCUT2D eigenvalue weighted by molar-refractivity contribution is 0.306. The molecule has 0 fully saturated rings. The number of benzene rings is 3. The first kappa shape index (κ1) is 17.2. The van der Waals surface area contributed by atoms with Crippen LogP contribution in [0.2, 0.25) is 5.02 Å². The van der Waals surface area contributed by atoms with E-state index in [9.17, 15) is 0 Å². The number of nitrogens with zero attached hydrogens (tertiary/aromatic N) is 1. The predicted octanol–water partition coefficient (Wildman–Crippen LogP) is 6.10. The Bertz CT molecular complexity index is 845. The van der Waals surface area contributed by atoms with E-state index in [1.807, 2.05) is 79.9 Å². The van der Waals surface area contributed by atoms with Gasteiger partial charge in [0.05, 0.1) is 6.04 Å². The van der Waals surface area contributed by atoms with E-state index in [0.717, 1.165) is 27.5 Å². The van der Waals surface area contributed by atoms with Gasteiger partial charge in [0.1, 0.15) is 12.4 Å². The van der Waals surface area contributed by atoms with E-state index in [0.29, 0.717) is 6.61 Å². The van der Waals surface area contributed by atoms with Crippen LogP contribution >= 0.6 is 11.6 Å². The molecule has 0 aliphatic carbocycles. The van der Waals surface area contributed by atoms with E-state index in [2.05, 4.69) is 17.1 Å². The summed E-state index contributed by atoms with van der Waals surface area (Å²) >= 11 is 6.23. The summed E-state index contributed by atoms with van der Waals surface area (Å²) in [5.74, 6) is 0.832. The normalized spacial score (nSPS) is 12.2. The third kappa shape index (κ3) is 4.94. The molecule has 3 aromatic rings. The van der Waals surface area contributed by atoms with Crippen molar-refractivity contribution in [1.29, 1.82) is 0 Å². The Kier molecular flexibility index (Phi) is 5.86. The van der Waals surface area contributed by atoms with Crippen LogP contribution in [-0.4, -0.2) is 6.21 Å². The minimum Gasteiger partial charge on any atom is -0.489 e. The molecule has 0 saturated carbocycles. The fraction of sp³-hybridized carbons (Fsp3) is 0.136. The van der Waals surface area contributed by atoms with Crippen LogP contribution in [0.5, 0.6) is 5.75 Å². The van der Waals surface area contributed by atoms with Crippen LogP contribution < -0.4 is 4.74 Å². The Balaban J connectivity index is 1.66. The fourth-order valence-corrected chi connectivity index (χ4v) is 2.81. The zero-order valence-electron chi connectivity index (χ0n) is 14.1. The zero-order chi connectivity index (χ0) is 17.5. The molecule has 0 saturated heterocycles. The van der Waals surface area contributed by atoms with Crippen LogP contribution in [0.1, 0.15) is 29.7 Å².